The molecule has 0 atom stereocenters. The van der Waals surface area contributed by atoms with Crippen molar-refractivity contribution in [3.63, 3.8) is 0 Å². The van der Waals surface area contributed by atoms with Gasteiger partial charge in [-0.3, -0.25) is 0 Å². The molecular weight excluding hydrogens is 210 g/mol. The van der Waals surface area contributed by atoms with Gasteiger partial charge in [0.2, 0.25) is 0 Å². The highest BCUT2D eigenvalue weighted by Gasteiger charge is 2.02. The summed E-state index contributed by atoms with van der Waals surface area (Å²) >= 11 is 0. The van der Waals surface area contributed by atoms with Crippen LogP contribution in [0.4, 0.5) is 0 Å². The van der Waals surface area contributed by atoms with Gasteiger partial charge in [-0.15, -0.1) is 0 Å². The molecule has 90 valence electrons. The molecule has 0 radical (unpaired) electrons. The number of hydrogen-bond acceptors (Lipinski definition) is 3. The van der Waals surface area contributed by atoms with Gasteiger partial charge in [-0.25, -0.2) is 8.42 Å². The molecule has 0 spiro atoms. The molecule has 0 aliphatic rings. The summed E-state index contributed by atoms with van der Waals surface area (Å²) in [6, 6.07) is 0. The smallest absolute Gasteiger partial charge is 0.147 e. The molecule has 0 heterocycles. The van der Waals surface area contributed by atoms with Crippen molar-refractivity contribution in [2.75, 3.05) is 32.1 Å². The lowest BCUT2D eigenvalue weighted by Gasteiger charge is -2.13. The van der Waals surface area contributed by atoms with Gasteiger partial charge in [-0.1, -0.05) is 25.5 Å². The number of nitrogens with zero attached hydrogens (tertiary/aromatic N) is 1. The van der Waals surface area contributed by atoms with Crippen LogP contribution in [0.15, 0.2) is 12.2 Å². The first kappa shape index (κ1) is 14.6. The largest absolute Gasteiger partial charge is 0.303 e. The average molecular weight is 233 g/mol. The molecule has 0 saturated heterocycles. The zero-order valence-corrected chi connectivity index (χ0v) is 10.9. The molecule has 0 bridgehead atoms. The molecule has 0 unspecified atom stereocenters. The maximum atomic E-state index is 10.9. The number of allylic oxidation sites excluding steroid dienone is 1. The first-order valence-corrected chi connectivity index (χ1v) is 7.53. The van der Waals surface area contributed by atoms with Crippen molar-refractivity contribution in [1.82, 2.24) is 4.90 Å². The van der Waals surface area contributed by atoms with E-state index in [0.29, 0.717) is 0 Å². The molecule has 0 aliphatic carbocycles. The van der Waals surface area contributed by atoms with Crippen LogP contribution < -0.4 is 0 Å². The monoisotopic (exact) mass is 233 g/mol. The summed E-state index contributed by atoms with van der Waals surface area (Å²) in [4.78, 5) is 2.14. The molecule has 0 aromatic rings. The Morgan fingerprint density at radius 1 is 1.27 bits per heavy atom. The van der Waals surface area contributed by atoms with E-state index in [1.807, 2.05) is 7.05 Å². The van der Waals surface area contributed by atoms with Gasteiger partial charge in [-0.05, 0) is 26.4 Å². The van der Waals surface area contributed by atoms with Gasteiger partial charge in [0.05, 0.1) is 5.75 Å². The van der Waals surface area contributed by atoms with Gasteiger partial charge < -0.3 is 4.90 Å². The Morgan fingerprint density at radius 2 is 1.93 bits per heavy atom. The van der Waals surface area contributed by atoms with Crippen molar-refractivity contribution in [3.05, 3.63) is 12.2 Å². The fraction of sp³-hybridized carbons (Fsp3) is 0.818. The number of sulfone groups is 1. The van der Waals surface area contributed by atoms with Crippen molar-refractivity contribution in [3.8, 4) is 0 Å². The standard InChI is InChI=1S/C11H23NO2S/c1-4-5-6-7-9-12(2)10-8-11-15(3,13)14/h6-7H,4-5,8-11H2,1-3H3/b7-6-. The predicted molar refractivity (Wildman–Crippen MR) is 65.9 cm³/mol. The lowest BCUT2D eigenvalue weighted by Crippen LogP contribution is -2.21. The third kappa shape index (κ3) is 11.6. The second kappa shape index (κ2) is 7.88. The van der Waals surface area contributed by atoms with E-state index >= 15 is 0 Å². The highest BCUT2D eigenvalue weighted by Crippen LogP contribution is 1.94. The third-order valence-electron chi connectivity index (χ3n) is 2.09. The fourth-order valence-electron chi connectivity index (χ4n) is 1.23. The summed E-state index contributed by atoms with van der Waals surface area (Å²) in [6.45, 7) is 3.90. The predicted octanol–water partition coefficient (Wildman–Crippen LogP) is 1.71. The lowest BCUT2D eigenvalue weighted by atomic mass is 10.3. The Kier molecular flexibility index (Phi) is 7.70. The van der Waals surface area contributed by atoms with Crippen LogP contribution >= 0.6 is 0 Å². The van der Waals surface area contributed by atoms with Crippen molar-refractivity contribution in [1.29, 1.82) is 0 Å². The van der Waals surface area contributed by atoms with Crippen molar-refractivity contribution >= 4 is 9.84 Å². The van der Waals surface area contributed by atoms with Crippen molar-refractivity contribution < 1.29 is 8.42 Å². The van der Waals surface area contributed by atoms with E-state index < -0.39 is 9.84 Å². The van der Waals surface area contributed by atoms with E-state index in [1.165, 1.54) is 12.7 Å². The summed E-state index contributed by atoms with van der Waals surface area (Å²) in [7, 11) is -0.781. The first-order chi connectivity index (χ1) is 6.95. The molecule has 0 aliphatic heterocycles. The Labute approximate surface area is 94.1 Å². The molecular formula is C11H23NO2S. The Morgan fingerprint density at radius 3 is 2.47 bits per heavy atom. The Bertz CT molecular complexity index is 270. The highest BCUT2D eigenvalue weighted by molar-refractivity contribution is 7.90. The quantitative estimate of drug-likeness (QED) is 0.599. The molecule has 4 heteroatoms. The molecule has 0 rings (SSSR count). The summed E-state index contributed by atoms with van der Waals surface area (Å²) < 4.78 is 21.8. The second-order valence-electron chi connectivity index (χ2n) is 4.01. The normalized spacial score (nSPS) is 12.8. The van der Waals surface area contributed by atoms with Gasteiger partial charge in [0.15, 0.2) is 0 Å². The van der Waals surface area contributed by atoms with E-state index in [4.69, 9.17) is 0 Å². The maximum Gasteiger partial charge on any atom is 0.147 e. The molecule has 3 nitrogen and oxygen atoms in total. The van der Waals surface area contributed by atoms with Crippen molar-refractivity contribution in [2.45, 2.75) is 26.2 Å². The SMILES string of the molecule is CCC/C=C\CN(C)CCCS(C)(=O)=O. The van der Waals surface area contributed by atoms with Crippen LogP contribution in [0.25, 0.3) is 0 Å². The minimum absolute atomic E-state index is 0.288. The molecule has 0 N–H and O–H groups in total. The van der Waals surface area contributed by atoms with Crippen LogP contribution in [0, 0.1) is 0 Å². The Hall–Kier alpha value is -0.350. The number of rotatable bonds is 8. The van der Waals surface area contributed by atoms with Gasteiger partial charge in [-0.2, -0.15) is 0 Å². The van der Waals surface area contributed by atoms with Crippen LogP contribution in [0.1, 0.15) is 26.2 Å². The molecule has 0 aromatic carbocycles. The van der Waals surface area contributed by atoms with E-state index in [0.717, 1.165) is 25.9 Å². The topological polar surface area (TPSA) is 37.4 Å². The molecule has 15 heavy (non-hydrogen) atoms. The Balaban J connectivity index is 3.53. The summed E-state index contributed by atoms with van der Waals surface area (Å²) in [5.41, 5.74) is 0. The minimum atomic E-state index is -2.79. The van der Waals surface area contributed by atoms with Crippen LogP contribution in [-0.2, 0) is 9.84 Å². The van der Waals surface area contributed by atoms with E-state index in [-0.39, 0.29) is 5.75 Å². The lowest BCUT2D eigenvalue weighted by molar-refractivity contribution is 0.370. The van der Waals surface area contributed by atoms with E-state index in [2.05, 4.69) is 24.0 Å². The molecule has 0 aromatic heterocycles. The fourth-order valence-corrected chi connectivity index (χ4v) is 1.88. The zero-order valence-electron chi connectivity index (χ0n) is 10.1. The van der Waals surface area contributed by atoms with Gasteiger partial charge in [0, 0.05) is 12.8 Å². The van der Waals surface area contributed by atoms with Crippen LogP contribution in [0.5, 0.6) is 0 Å². The molecule has 0 amide bonds. The van der Waals surface area contributed by atoms with E-state index in [1.54, 1.807) is 0 Å². The summed E-state index contributed by atoms with van der Waals surface area (Å²) in [5.74, 6) is 0.288. The molecule has 0 fully saturated rings. The van der Waals surface area contributed by atoms with Gasteiger partial charge >= 0.3 is 0 Å². The first-order valence-electron chi connectivity index (χ1n) is 5.47. The number of hydrogen-bond donors (Lipinski definition) is 0. The van der Waals surface area contributed by atoms with E-state index in [9.17, 15) is 8.42 Å². The van der Waals surface area contributed by atoms with Crippen LogP contribution in [0.2, 0.25) is 0 Å². The zero-order chi connectivity index (χ0) is 11.7. The highest BCUT2D eigenvalue weighted by atomic mass is 32.2. The van der Waals surface area contributed by atoms with Crippen LogP contribution in [-0.4, -0.2) is 45.5 Å². The summed E-state index contributed by atoms with van der Waals surface area (Å²) in [6.07, 6.45) is 8.62. The van der Waals surface area contributed by atoms with Crippen molar-refractivity contribution in [2.24, 2.45) is 0 Å². The summed E-state index contributed by atoms with van der Waals surface area (Å²) in [5, 5.41) is 0. The average Bonchev–Trinajstić information content (AvgIpc) is 2.10. The third-order valence-corrected chi connectivity index (χ3v) is 3.12. The minimum Gasteiger partial charge on any atom is -0.303 e. The maximum absolute atomic E-state index is 10.9. The van der Waals surface area contributed by atoms with Gasteiger partial charge in [0.1, 0.15) is 9.84 Å². The molecule has 0 saturated carbocycles. The second-order valence-corrected chi connectivity index (χ2v) is 6.27. The van der Waals surface area contributed by atoms with Gasteiger partial charge in [0.25, 0.3) is 0 Å². The number of likely N-dealkylation sites (N-methyl/N-ethyl adjacent to an activating group) is 1. The van der Waals surface area contributed by atoms with Crippen LogP contribution in [0.3, 0.4) is 0 Å². The number of unbranched alkanes of at least 4 members (excludes halogenated alkanes) is 1.